The maximum absolute atomic E-state index is 12.2. The van der Waals surface area contributed by atoms with Gasteiger partial charge in [-0.3, -0.25) is 4.39 Å². The number of rotatable bonds is 3. The van der Waals surface area contributed by atoms with Crippen molar-refractivity contribution in [3.63, 3.8) is 0 Å². The lowest BCUT2D eigenvalue weighted by molar-refractivity contribution is 0.442. The van der Waals surface area contributed by atoms with Crippen molar-refractivity contribution in [1.82, 2.24) is 0 Å². The van der Waals surface area contributed by atoms with E-state index < -0.39 is 6.67 Å². The molecule has 0 heterocycles. The number of aromatic hydroxyl groups is 1. The number of hydrogen-bond acceptors (Lipinski definition) is 2. The summed E-state index contributed by atoms with van der Waals surface area (Å²) in [6.45, 7) is -0.408. The van der Waals surface area contributed by atoms with Crippen LogP contribution in [-0.4, -0.2) is 11.8 Å². The summed E-state index contributed by atoms with van der Waals surface area (Å²) in [6.07, 6.45) is 0.337. The average Bonchev–Trinajstić information content (AvgIpc) is 2.28. The van der Waals surface area contributed by atoms with E-state index in [0.717, 1.165) is 16.3 Å². The van der Waals surface area contributed by atoms with Crippen molar-refractivity contribution in [2.45, 2.75) is 12.5 Å². The summed E-state index contributed by atoms with van der Waals surface area (Å²) >= 11 is 0. The Labute approximate surface area is 93.5 Å². The maximum Gasteiger partial charge on any atom is 0.116 e. The van der Waals surface area contributed by atoms with E-state index in [9.17, 15) is 9.50 Å². The van der Waals surface area contributed by atoms with Gasteiger partial charge in [0.1, 0.15) is 5.75 Å². The van der Waals surface area contributed by atoms with Gasteiger partial charge in [0.15, 0.2) is 0 Å². The van der Waals surface area contributed by atoms with Crippen molar-refractivity contribution < 1.29 is 9.50 Å². The molecule has 0 radical (unpaired) electrons. The fourth-order valence-corrected chi connectivity index (χ4v) is 1.77. The predicted molar refractivity (Wildman–Crippen MR) is 63.1 cm³/mol. The van der Waals surface area contributed by atoms with Gasteiger partial charge in [-0.2, -0.15) is 0 Å². The van der Waals surface area contributed by atoms with Crippen LogP contribution in [0, 0.1) is 0 Å². The molecule has 0 aliphatic rings. The number of phenolic OH excluding ortho intramolecular Hbond substituents is 1. The van der Waals surface area contributed by atoms with Gasteiger partial charge in [0.2, 0.25) is 0 Å². The maximum atomic E-state index is 12.2. The summed E-state index contributed by atoms with van der Waals surface area (Å²) in [5.41, 5.74) is 6.76. The minimum Gasteiger partial charge on any atom is -0.508 e. The van der Waals surface area contributed by atoms with Crippen LogP contribution in [0.1, 0.15) is 18.0 Å². The number of fused-ring (bicyclic) bond motifs is 1. The third-order valence-corrected chi connectivity index (χ3v) is 2.70. The Morgan fingerprint density at radius 3 is 2.56 bits per heavy atom. The molecule has 0 unspecified atom stereocenters. The van der Waals surface area contributed by atoms with E-state index in [0.29, 0.717) is 6.42 Å². The molecule has 0 fully saturated rings. The normalized spacial score (nSPS) is 12.9. The molecule has 2 rings (SSSR count). The molecule has 1 atom stereocenters. The zero-order chi connectivity index (χ0) is 11.5. The van der Waals surface area contributed by atoms with Gasteiger partial charge in [0, 0.05) is 6.04 Å². The molecule has 0 amide bonds. The van der Waals surface area contributed by atoms with E-state index in [2.05, 4.69) is 0 Å². The predicted octanol–water partition coefficient (Wildman–Crippen LogP) is 2.90. The van der Waals surface area contributed by atoms with Crippen LogP contribution in [0.25, 0.3) is 10.8 Å². The first-order valence-corrected chi connectivity index (χ1v) is 5.25. The zero-order valence-electron chi connectivity index (χ0n) is 8.86. The Kier molecular flexibility index (Phi) is 3.06. The molecule has 0 bridgehead atoms. The second-order valence-electron chi connectivity index (χ2n) is 3.88. The highest BCUT2D eigenvalue weighted by atomic mass is 19.1. The lowest BCUT2D eigenvalue weighted by atomic mass is 10.0. The topological polar surface area (TPSA) is 46.2 Å². The lowest BCUT2D eigenvalue weighted by Crippen LogP contribution is -2.10. The first-order chi connectivity index (χ1) is 7.70. The van der Waals surface area contributed by atoms with Crippen LogP contribution >= 0.6 is 0 Å². The smallest absolute Gasteiger partial charge is 0.116 e. The summed E-state index contributed by atoms with van der Waals surface area (Å²) in [4.78, 5) is 0. The number of phenols is 1. The Balaban J connectivity index is 2.40. The molecular formula is C13H14FNO. The highest BCUT2D eigenvalue weighted by Gasteiger charge is 2.06. The van der Waals surface area contributed by atoms with Crippen molar-refractivity contribution in [1.29, 1.82) is 0 Å². The number of alkyl halides is 1. The molecule has 2 aromatic carbocycles. The molecule has 2 aromatic rings. The summed E-state index contributed by atoms with van der Waals surface area (Å²) in [7, 11) is 0. The van der Waals surface area contributed by atoms with Crippen LogP contribution < -0.4 is 5.73 Å². The molecule has 3 heteroatoms. The molecular weight excluding hydrogens is 205 g/mol. The number of nitrogens with two attached hydrogens (primary N) is 1. The molecule has 0 saturated carbocycles. The number of hydrogen-bond donors (Lipinski definition) is 2. The monoisotopic (exact) mass is 219 g/mol. The molecule has 0 aliphatic heterocycles. The van der Waals surface area contributed by atoms with Gasteiger partial charge in [-0.25, -0.2) is 0 Å². The van der Waals surface area contributed by atoms with Crippen LogP contribution in [0.15, 0.2) is 36.4 Å². The van der Waals surface area contributed by atoms with Gasteiger partial charge in [-0.15, -0.1) is 0 Å². The molecule has 2 nitrogen and oxygen atoms in total. The molecule has 3 N–H and O–H groups in total. The minimum absolute atomic E-state index is 0.244. The zero-order valence-corrected chi connectivity index (χ0v) is 8.86. The third-order valence-electron chi connectivity index (χ3n) is 2.70. The van der Waals surface area contributed by atoms with Gasteiger partial charge in [-0.05, 0) is 41.0 Å². The van der Waals surface area contributed by atoms with E-state index in [4.69, 9.17) is 5.73 Å². The van der Waals surface area contributed by atoms with Gasteiger partial charge in [0.05, 0.1) is 6.67 Å². The Bertz CT molecular complexity index is 498. The SMILES string of the molecule is N[C@H](CCF)c1ccc2cc(O)ccc2c1. The van der Waals surface area contributed by atoms with E-state index >= 15 is 0 Å². The van der Waals surface area contributed by atoms with Gasteiger partial charge >= 0.3 is 0 Å². The lowest BCUT2D eigenvalue weighted by Gasteiger charge is -2.10. The van der Waals surface area contributed by atoms with E-state index in [1.54, 1.807) is 12.1 Å². The van der Waals surface area contributed by atoms with Gasteiger partial charge < -0.3 is 10.8 Å². The Morgan fingerprint density at radius 1 is 1.12 bits per heavy atom. The Morgan fingerprint density at radius 2 is 1.81 bits per heavy atom. The summed E-state index contributed by atoms with van der Waals surface area (Å²) in [5, 5.41) is 11.3. The standard InChI is InChI=1S/C13H14FNO/c14-6-5-13(15)11-2-1-10-8-12(16)4-3-9(10)7-11/h1-4,7-8,13,16H,5-6,15H2/t13-/m1/s1. The largest absolute Gasteiger partial charge is 0.508 e. The molecule has 16 heavy (non-hydrogen) atoms. The van der Waals surface area contributed by atoms with Crippen LogP contribution in [-0.2, 0) is 0 Å². The van der Waals surface area contributed by atoms with Crippen molar-refractivity contribution in [2.75, 3.05) is 6.67 Å². The third kappa shape index (κ3) is 2.14. The molecule has 0 spiro atoms. The highest BCUT2D eigenvalue weighted by Crippen LogP contribution is 2.24. The molecule has 0 aromatic heterocycles. The molecule has 84 valence electrons. The number of halogens is 1. The summed E-state index contributed by atoms with van der Waals surface area (Å²) < 4.78 is 12.2. The fourth-order valence-electron chi connectivity index (χ4n) is 1.77. The second-order valence-corrected chi connectivity index (χ2v) is 3.88. The van der Waals surface area contributed by atoms with E-state index in [1.807, 2.05) is 24.3 Å². The van der Waals surface area contributed by atoms with Crippen molar-refractivity contribution in [2.24, 2.45) is 5.73 Å². The van der Waals surface area contributed by atoms with Crippen LogP contribution in [0.3, 0.4) is 0 Å². The summed E-state index contributed by atoms with van der Waals surface area (Å²) in [5.74, 6) is 0.244. The van der Waals surface area contributed by atoms with Crippen molar-refractivity contribution in [3.8, 4) is 5.75 Å². The van der Waals surface area contributed by atoms with Crippen LogP contribution in [0.4, 0.5) is 4.39 Å². The van der Waals surface area contributed by atoms with Crippen molar-refractivity contribution >= 4 is 10.8 Å². The molecule has 0 aliphatic carbocycles. The van der Waals surface area contributed by atoms with Gasteiger partial charge in [-0.1, -0.05) is 18.2 Å². The first kappa shape index (κ1) is 10.9. The Hall–Kier alpha value is -1.61. The quantitative estimate of drug-likeness (QED) is 0.833. The fraction of sp³-hybridized carbons (Fsp3) is 0.231. The number of benzene rings is 2. The minimum atomic E-state index is -0.408. The van der Waals surface area contributed by atoms with Crippen LogP contribution in [0.2, 0.25) is 0 Å². The van der Waals surface area contributed by atoms with Crippen molar-refractivity contribution in [3.05, 3.63) is 42.0 Å². The van der Waals surface area contributed by atoms with E-state index in [-0.39, 0.29) is 11.8 Å². The van der Waals surface area contributed by atoms with E-state index in [1.165, 1.54) is 0 Å². The summed E-state index contributed by atoms with van der Waals surface area (Å²) in [6, 6.07) is 10.6. The second kappa shape index (κ2) is 4.49. The van der Waals surface area contributed by atoms with Crippen LogP contribution in [0.5, 0.6) is 5.75 Å². The average molecular weight is 219 g/mol. The first-order valence-electron chi connectivity index (χ1n) is 5.25. The highest BCUT2D eigenvalue weighted by molar-refractivity contribution is 5.84. The molecule has 0 saturated heterocycles. The van der Waals surface area contributed by atoms with Gasteiger partial charge in [0.25, 0.3) is 0 Å².